The largest absolute Gasteiger partial charge is 0.354 e. The molecule has 0 spiro atoms. The molecule has 5 rings (SSSR count). The molecule has 4 nitrogen and oxygen atoms in total. The lowest BCUT2D eigenvalue weighted by Crippen LogP contribution is -2.55. The highest BCUT2D eigenvalue weighted by Crippen LogP contribution is 2.59. The number of carbonyl (C=O) groups excluding carboxylic acids is 2. The van der Waals surface area contributed by atoms with Crippen LogP contribution in [0.15, 0.2) is 17.5 Å². The lowest BCUT2D eigenvalue weighted by atomic mass is 9.49. The van der Waals surface area contributed by atoms with E-state index in [4.69, 9.17) is 0 Å². The van der Waals surface area contributed by atoms with Crippen molar-refractivity contribution in [3.05, 3.63) is 22.4 Å². The van der Waals surface area contributed by atoms with Gasteiger partial charge in [0, 0.05) is 6.54 Å². The van der Waals surface area contributed by atoms with Gasteiger partial charge in [0.15, 0.2) is 0 Å². The molecular weight excluding hydrogens is 344 g/mol. The van der Waals surface area contributed by atoms with Crippen molar-refractivity contribution in [1.29, 1.82) is 0 Å². The normalized spacial score (nSPS) is 33.3. The van der Waals surface area contributed by atoms with Crippen molar-refractivity contribution in [2.75, 3.05) is 6.54 Å². The molecule has 1 aromatic heterocycles. The van der Waals surface area contributed by atoms with E-state index in [0.29, 0.717) is 10.3 Å². The van der Waals surface area contributed by atoms with Crippen LogP contribution in [0.4, 0.5) is 0 Å². The van der Waals surface area contributed by atoms with Crippen LogP contribution in [0.1, 0.15) is 62.0 Å². The molecule has 2 N–H and O–H groups in total. The minimum Gasteiger partial charge on any atom is -0.354 e. The Kier molecular flexibility index (Phi) is 4.84. The quantitative estimate of drug-likeness (QED) is 0.795. The van der Waals surface area contributed by atoms with Crippen molar-refractivity contribution in [2.45, 2.75) is 58.4 Å². The van der Waals surface area contributed by atoms with Gasteiger partial charge < -0.3 is 10.6 Å². The zero-order chi connectivity index (χ0) is 18.3. The molecule has 0 aliphatic heterocycles. The second-order valence-electron chi connectivity index (χ2n) is 9.31. The summed E-state index contributed by atoms with van der Waals surface area (Å²) in [6.07, 6.45) is 8.10. The average Bonchev–Trinajstić information content (AvgIpc) is 3.10. The van der Waals surface area contributed by atoms with Gasteiger partial charge >= 0.3 is 0 Å². The van der Waals surface area contributed by atoms with Crippen LogP contribution in [0.5, 0.6) is 0 Å². The van der Waals surface area contributed by atoms with Crippen LogP contribution in [0.2, 0.25) is 0 Å². The minimum absolute atomic E-state index is 0.0272. The molecule has 5 heteroatoms. The molecule has 0 unspecified atom stereocenters. The van der Waals surface area contributed by atoms with Gasteiger partial charge in [-0.15, -0.1) is 11.3 Å². The van der Waals surface area contributed by atoms with Gasteiger partial charge in [-0.2, -0.15) is 0 Å². The summed E-state index contributed by atoms with van der Waals surface area (Å²) in [5.74, 6) is 2.55. The van der Waals surface area contributed by atoms with E-state index in [9.17, 15) is 9.59 Å². The van der Waals surface area contributed by atoms with Crippen LogP contribution in [-0.4, -0.2) is 24.4 Å². The van der Waals surface area contributed by atoms with Crippen LogP contribution < -0.4 is 10.6 Å². The lowest BCUT2D eigenvalue weighted by Gasteiger charge is -2.57. The molecule has 4 aliphatic rings. The van der Waals surface area contributed by atoms with E-state index >= 15 is 0 Å². The van der Waals surface area contributed by atoms with E-state index in [1.165, 1.54) is 49.9 Å². The molecule has 142 valence electrons. The number of carbonyl (C=O) groups is 2. The van der Waals surface area contributed by atoms with E-state index in [1.807, 2.05) is 25.3 Å². The van der Waals surface area contributed by atoms with Crippen molar-refractivity contribution in [2.24, 2.45) is 29.1 Å². The number of thiophene rings is 1. The Labute approximate surface area is 160 Å². The van der Waals surface area contributed by atoms with Crippen molar-refractivity contribution < 1.29 is 9.59 Å². The second-order valence-corrected chi connectivity index (χ2v) is 10.3. The van der Waals surface area contributed by atoms with Gasteiger partial charge in [0.05, 0.1) is 4.88 Å². The Morgan fingerprint density at radius 3 is 2.27 bits per heavy atom. The van der Waals surface area contributed by atoms with Gasteiger partial charge in [-0.1, -0.05) is 19.9 Å². The first-order valence-electron chi connectivity index (χ1n) is 10.1. The fourth-order valence-electron chi connectivity index (χ4n) is 6.05. The highest BCUT2D eigenvalue weighted by atomic mass is 32.1. The summed E-state index contributed by atoms with van der Waals surface area (Å²) < 4.78 is 0. The Morgan fingerprint density at radius 2 is 1.77 bits per heavy atom. The van der Waals surface area contributed by atoms with Crippen molar-refractivity contribution >= 4 is 23.2 Å². The molecule has 4 bridgehead atoms. The third-order valence-electron chi connectivity index (χ3n) is 6.78. The number of hydrogen-bond donors (Lipinski definition) is 2. The summed E-state index contributed by atoms with van der Waals surface area (Å²) >= 11 is 1.40. The van der Waals surface area contributed by atoms with Crippen LogP contribution in [0, 0.1) is 29.1 Å². The zero-order valence-corrected chi connectivity index (χ0v) is 16.6. The molecule has 4 saturated carbocycles. The molecule has 1 heterocycles. The van der Waals surface area contributed by atoms with Gasteiger partial charge in [0.2, 0.25) is 5.91 Å². The van der Waals surface area contributed by atoms with E-state index in [0.717, 1.165) is 24.3 Å². The monoisotopic (exact) mass is 374 g/mol. The predicted molar refractivity (Wildman–Crippen MR) is 104 cm³/mol. The van der Waals surface area contributed by atoms with E-state index in [1.54, 1.807) is 6.07 Å². The van der Waals surface area contributed by atoms with Gasteiger partial charge in [0.1, 0.15) is 6.04 Å². The van der Waals surface area contributed by atoms with Crippen molar-refractivity contribution in [1.82, 2.24) is 10.6 Å². The van der Waals surface area contributed by atoms with E-state index < -0.39 is 6.04 Å². The van der Waals surface area contributed by atoms with Crippen LogP contribution >= 0.6 is 11.3 Å². The van der Waals surface area contributed by atoms with E-state index in [-0.39, 0.29) is 17.7 Å². The highest BCUT2D eigenvalue weighted by molar-refractivity contribution is 7.12. The van der Waals surface area contributed by atoms with Gasteiger partial charge in [-0.25, -0.2) is 0 Å². The van der Waals surface area contributed by atoms with Gasteiger partial charge in [0.25, 0.3) is 5.91 Å². The third-order valence-corrected chi connectivity index (χ3v) is 7.65. The molecule has 26 heavy (non-hydrogen) atoms. The molecule has 2 amide bonds. The first-order valence-corrected chi connectivity index (χ1v) is 10.9. The summed E-state index contributed by atoms with van der Waals surface area (Å²) in [6.45, 7) is 4.76. The topological polar surface area (TPSA) is 58.2 Å². The number of hydrogen-bond acceptors (Lipinski definition) is 3. The molecule has 0 radical (unpaired) electrons. The van der Waals surface area contributed by atoms with E-state index in [2.05, 4.69) is 10.6 Å². The first kappa shape index (κ1) is 18.0. The number of nitrogens with one attached hydrogen (secondary N) is 2. The molecule has 1 atom stereocenters. The summed E-state index contributed by atoms with van der Waals surface area (Å²) in [5, 5.41) is 8.04. The highest BCUT2D eigenvalue weighted by Gasteiger charge is 2.50. The summed E-state index contributed by atoms with van der Waals surface area (Å²) in [6, 6.07) is 3.18. The zero-order valence-electron chi connectivity index (χ0n) is 15.8. The van der Waals surface area contributed by atoms with Gasteiger partial charge in [-0.05, 0) is 79.1 Å². The van der Waals surface area contributed by atoms with Gasteiger partial charge in [-0.3, -0.25) is 9.59 Å². The lowest BCUT2D eigenvalue weighted by molar-refractivity contribution is -0.126. The van der Waals surface area contributed by atoms with Crippen molar-refractivity contribution in [3.63, 3.8) is 0 Å². The Bertz CT molecular complexity index is 632. The smallest absolute Gasteiger partial charge is 0.262 e. The first-order chi connectivity index (χ1) is 12.4. The maximum atomic E-state index is 12.9. The summed E-state index contributed by atoms with van der Waals surface area (Å²) in [7, 11) is 0. The molecular formula is C21H30N2O2S. The Hall–Kier alpha value is -1.36. The predicted octanol–water partition coefficient (Wildman–Crippen LogP) is 3.84. The maximum Gasteiger partial charge on any atom is 0.262 e. The summed E-state index contributed by atoms with van der Waals surface area (Å²) in [5.41, 5.74) is 0.323. The average molecular weight is 375 g/mol. The van der Waals surface area contributed by atoms with Crippen LogP contribution in [0.3, 0.4) is 0 Å². The standard InChI is InChI=1S/C21H30N2O2S/c1-13(2)18(23-19(24)17-4-3-5-26-17)20(25)22-12-21-9-14-6-15(10-21)8-16(7-14)11-21/h3-5,13-16,18H,6-12H2,1-2H3,(H,22,25)(H,23,24)/t14?,15?,16?,18-,21?/m0/s1. The molecule has 1 aromatic rings. The minimum atomic E-state index is -0.474. The molecule has 0 saturated heterocycles. The molecule has 4 aliphatic carbocycles. The van der Waals surface area contributed by atoms with Crippen molar-refractivity contribution in [3.8, 4) is 0 Å². The summed E-state index contributed by atoms with van der Waals surface area (Å²) in [4.78, 5) is 25.9. The number of rotatable bonds is 6. The molecule has 4 fully saturated rings. The van der Waals surface area contributed by atoms with Crippen LogP contribution in [-0.2, 0) is 4.79 Å². The second kappa shape index (κ2) is 6.99. The SMILES string of the molecule is CC(C)[C@H](NC(=O)c1cccs1)C(=O)NCC12CC3CC(CC(C3)C1)C2. The fraction of sp³-hybridized carbons (Fsp3) is 0.714. The van der Waals surface area contributed by atoms with Crippen LogP contribution in [0.25, 0.3) is 0 Å². The Morgan fingerprint density at radius 1 is 1.15 bits per heavy atom. The molecule has 0 aromatic carbocycles. The maximum absolute atomic E-state index is 12.9. The number of amides is 2. The Balaban J connectivity index is 1.37. The fourth-order valence-corrected chi connectivity index (χ4v) is 6.67. The third kappa shape index (κ3) is 3.55.